The molecule has 1 N–H and O–H groups in total. The van der Waals surface area contributed by atoms with Crippen molar-refractivity contribution in [1.82, 2.24) is 4.72 Å². The number of hydrogen-bond acceptors (Lipinski definition) is 4. The molecule has 0 fully saturated rings. The Morgan fingerprint density at radius 3 is 2.44 bits per heavy atom. The number of nitrogens with one attached hydrogen (secondary N) is 1. The van der Waals surface area contributed by atoms with E-state index in [1.54, 1.807) is 31.2 Å². The molecule has 0 bridgehead atoms. The fourth-order valence-corrected chi connectivity index (χ4v) is 3.19. The second-order valence-corrected chi connectivity index (χ2v) is 7.31. The van der Waals surface area contributed by atoms with Crippen molar-refractivity contribution >= 4 is 22.1 Å². The van der Waals surface area contributed by atoms with Crippen molar-refractivity contribution in [2.24, 2.45) is 0 Å². The van der Waals surface area contributed by atoms with Gasteiger partial charge in [0, 0.05) is 11.6 Å². The summed E-state index contributed by atoms with van der Waals surface area (Å²) in [6, 6.07) is 12.3. The van der Waals surface area contributed by atoms with Gasteiger partial charge >= 0.3 is 5.97 Å². The molecular formula is C20H20FNO4S. The van der Waals surface area contributed by atoms with E-state index in [0.717, 1.165) is 11.6 Å². The zero-order valence-electron chi connectivity index (χ0n) is 15.0. The molecule has 0 amide bonds. The van der Waals surface area contributed by atoms with Crippen LogP contribution in [0.1, 0.15) is 18.1 Å². The predicted molar refractivity (Wildman–Crippen MR) is 102 cm³/mol. The fraction of sp³-hybridized carbons (Fsp3) is 0.150. The quantitative estimate of drug-likeness (QED) is 0.446. The Morgan fingerprint density at radius 1 is 1.15 bits per heavy atom. The molecule has 0 atom stereocenters. The van der Waals surface area contributed by atoms with Gasteiger partial charge in [0.15, 0.2) is 0 Å². The van der Waals surface area contributed by atoms with E-state index in [9.17, 15) is 17.6 Å². The number of ether oxygens (including phenoxy) is 1. The number of sulfonamides is 1. The molecule has 7 heteroatoms. The zero-order valence-corrected chi connectivity index (χ0v) is 15.8. The Kier molecular flexibility index (Phi) is 6.90. The minimum absolute atomic E-state index is 0.0437. The zero-order chi connectivity index (χ0) is 19.9. The summed E-state index contributed by atoms with van der Waals surface area (Å²) in [6.07, 6.45) is 3.69. The average molecular weight is 389 g/mol. The van der Waals surface area contributed by atoms with Crippen LogP contribution in [0, 0.1) is 12.7 Å². The lowest BCUT2D eigenvalue weighted by molar-refractivity contribution is -0.137. The van der Waals surface area contributed by atoms with Gasteiger partial charge in [0.1, 0.15) is 5.82 Å². The highest BCUT2D eigenvalue weighted by atomic mass is 32.2. The van der Waals surface area contributed by atoms with Crippen molar-refractivity contribution in [3.63, 3.8) is 0 Å². The second-order valence-electron chi connectivity index (χ2n) is 5.63. The molecule has 0 heterocycles. The summed E-state index contributed by atoms with van der Waals surface area (Å²) in [5, 5.41) is 0. The summed E-state index contributed by atoms with van der Waals surface area (Å²) in [4.78, 5) is 11.8. The summed E-state index contributed by atoms with van der Waals surface area (Å²) in [6.45, 7) is 3.62. The number of benzene rings is 2. The molecule has 0 aliphatic carbocycles. The molecule has 0 aliphatic heterocycles. The fourth-order valence-electron chi connectivity index (χ4n) is 2.14. The third-order valence-corrected chi connectivity index (χ3v) is 4.89. The lowest BCUT2D eigenvalue weighted by Gasteiger charge is -2.09. The molecule has 2 aromatic rings. The largest absolute Gasteiger partial charge is 0.463 e. The van der Waals surface area contributed by atoms with Crippen LogP contribution in [0.2, 0.25) is 0 Å². The minimum Gasteiger partial charge on any atom is -0.463 e. The standard InChI is InChI=1S/C20H20FNO4S/c1-3-26-20(23)14-17(11-10-16-6-4-5-7-19(16)21)22-27(24,25)18-12-8-15(2)9-13-18/h4-14,22H,3H2,1-2H3/b11-10+,17-14-. The normalized spacial score (nSPS) is 12.2. The van der Waals surface area contributed by atoms with E-state index in [1.165, 1.54) is 36.4 Å². The maximum atomic E-state index is 13.8. The van der Waals surface area contributed by atoms with Crippen molar-refractivity contribution < 1.29 is 22.3 Å². The van der Waals surface area contributed by atoms with Crippen LogP contribution >= 0.6 is 0 Å². The molecular weight excluding hydrogens is 369 g/mol. The first kappa shape index (κ1) is 20.4. The lowest BCUT2D eigenvalue weighted by atomic mass is 10.2. The average Bonchev–Trinajstić information content (AvgIpc) is 2.61. The molecule has 142 valence electrons. The maximum absolute atomic E-state index is 13.8. The lowest BCUT2D eigenvalue weighted by Crippen LogP contribution is -2.23. The van der Waals surface area contributed by atoms with E-state index in [0.29, 0.717) is 0 Å². The molecule has 0 unspecified atom stereocenters. The second kappa shape index (κ2) is 9.14. The molecule has 2 aromatic carbocycles. The van der Waals surface area contributed by atoms with Crippen LogP contribution in [-0.4, -0.2) is 21.0 Å². The van der Waals surface area contributed by atoms with Crippen LogP contribution in [0.5, 0.6) is 0 Å². The minimum atomic E-state index is -3.92. The van der Waals surface area contributed by atoms with E-state index >= 15 is 0 Å². The van der Waals surface area contributed by atoms with Gasteiger partial charge in [0.05, 0.1) is 17.2 Å². The molecule has 0 aliphatic rings. The summed E-state index contributed by atoms with van der Waals surface area (Å²) in [5.74, 6) is -1.18. The summed E-state index contributed by atoms with van der Waals surface area (Å²) < 4.78 is 46.0. The van der Waals surface area contributed by atoms with Gasteiger partial charge in [-0.25, -0.2) is 17.6 Å². The molecule has 5 nitrogen and oxygen atoms in total. The number of carbonyl (C=O) groups excluding carboxylic acids is 1. The summed E-state index contributed by atoms with van der Waals surface area (Å²) in [7, 11) is -3.92. The van der Waals surface area contributed by atoms with Crippen molar-refractivity contribution in [1.29, 1.82) is 0 Å². The molecule has 27 heavy (non-hydrogen) atoms. The van der Waals surface area contributed by atoms with Crippen molar-refractivity contribution in [3.8, 4) is 0 Å². The Hall–Kier alpha value is -2.93. The van der Waals surface area contributed by atoms with Gasteiger partial charge in [-0.05, 0) is 44.2 Å². The van der Waals surface area contributed by atoms with Crippen LogP contribution in [-0.2, 0) is 19.6 Å². The van der Waals surface area contributed by atoms with Crippen LogP contribution in [0.4, 0.5) is 4.39 Å². The monoisotopic (exact) mass is 389 g/mol. The van der Waals surface area contributed by atoms with Gasteiger partial charge in [-0.2, -0.15) is 0 Å². The van der Waals surface area contributed by atoms with Gasteiger partial charge < -0.3 is 4.74 Å². The molecule has 0 spiro atoms. The topological polar surface area (TPSA) is 72.5 Å². The van der Waals surface area contributed by atoms with Gasteiger partial charge in [-0.15, -0.1) is 0 Å². The van der Waals surface area contributed by atoms with Crippen molar-refractivity contribution in [3.05, 3.63) is 83.3 Å². The first-order valence-corrected chi connectivity index (χ1v) is 9.70. The number of hydrogen-bond donors (Lipinski definition) is 1. The Bertz CT molecular complexity index is 964. The number of esters is 1. The Labute approximate surface area is 158 Å². The smallest absolute Gasteiger partial charge is 0.332 e. The molecule has 0 saturated heterocycles. The van der Waals surface area contributed by atoms with Crippen LogP contribution < -0.4 is 4.72 Å². The summed E-state index contributed by atoms with van der Waals surface area (Å²) >= 11 is 0. The molecule has 0 aromatic heterocycles. The number of allylic oxidation sites excluding steroid dienone is 1. The number of aryl methyl sites for hydroxylation is 1. The predicted octanol–water partition coefficient (Wildman–Crippen LogP) is 3.57. The van der Waals surface area contributed by atoms with Gasteiger partial charge in [0.2, 0.25) is 0 Å². The number of halogens is 1. The molecule has 0 radical (unpaired) electrons. The Balaban J connectivity index is 2.34. The molecule has 0 saturated carbocycles. The summed E-state index contributed by atoms with van der Waals surface area (Å²) in [5.41, 5.74) is 1.12. The maximum Gasteiger partial charge on any atom is 0.332 e. The van der Waals surface area contributed by atoms with E-state index in [1.807, 2.05) is 6.92 Å². The van der Waals surface area contributed by atoms with Crippen molar-refractivity contribution in [2.45, 2.75) is 18.7 Å². The highest BCUT2D eigenvalue weighted by Crippen LogP contribution is 2.14. The Morgan fingerprint density at radius 2 is 1.81 bits per heavy atom. The van der Waals surface area contributed by atoms with E-state index in [-0.39, 0.29) is 22.8 Å². The highest BCUT2D eigenvalue weighted by molar-refractivity contribution is 7.89. The highest BCUT2D eigenvalue weighted by Gasteiger charge is 2.15. The number of carbonyl (C=O) groups is 1. The van der Waals surface area contributed by atoms with E-state index in [2.05, 4.69) is 4.72 Å². The SMILES string of the molecule is CCOC(=O)/C=C(/C=C/c1ccccc1F)NS(=O)(=O)c1ccc(C)cc1. The van der Waals surface area contributed by atoms with Gasteiger partial charge in [0.25, 0.3) is 10.0 Å². The van der Waals surface area contributed by atoms with Crippen LogP contribution in [0.3, 0.4) is 0 Å². The number of rotatable bonds is 7. The first-order chi connectivity index (χ1) is 12.8. The van der Waals surface area contributed by atoms with Crippen LogP contribution in [0.25, 0.3) is 6.08 Å². The van der Waals surface area contributed by atoms with Crippen molar-refractivity contribution in [2.75, 3.05) is 6.61 Å². The third-order valence-electron chi connectivity index (χ3n) is 3.49. The van der Waals surface area contributed by atoms with Gasteiger partial charge in [-0.3, -0.25) is 4.72 Å². The van der Waals surface area contributed by atoms with E-state index < -0.39 is 21.8 Å². The van der Waals surface area contributed by atoms with Crippen LogP contribution in [0.15, 0.2) is 71.3 Å². The third kappa shape index (κ3) is 6.07. The van der Waals surface area contributed by atoms with E-state index in [4.69, 9.17) is 4.74 Å². The molecule has 2 rings (SSSR count). The van der Waals surface area contributed by atoms with Gasteiger partial charge in [-0.1, -0.05) is 35.9 Å². The first-order valence-electron chi connectivity index (χ1n) is 8.22.